The number of nitrogens with one attached hydrogen (secondary N) is 1. The minimum Gasteiger partial charge on any atom is -0.326 e. The Labute approximate surface area is 227 Å². The van der Waals surface area contributed by atoms with Gasteiger partial charge < -0.3 is 15.1 Å². The minimum atomic E-state index is -0.347. The van der Waals surface area contributed by atoms with Crippen molar-refractivity contribution in [1.82, 2.24) is 4.90 Å². The summed E-state index contributed by atoms with van der Waals surface area (Å²) < 4.78 is 13.2. The standard InChI is InChI=1S/C30H32FN3O3S/c1-21(35)32-26-6-3-5-24(19-26)30(37)34(27-7-4-8-28(20-27)38-2)18-17-33-15-13-23(14-16-33)29(36)22-9-11-25(31)12-10-22/h3-12,19-20,23H,13-18H2,1-2H3,(H,32,35). The van der Waals surface area contributed by atoms with Crippen LogP contribution in [0.15, 0.2) is 77.7 Å². The molecule has 0 saturated carbocycles. The van der Waals surface area contributed by atoms with Crippen LogP contribution in [0.25, 0.3) is 0 Å². The van der Waals surface area contributed by atoms with Crippen LogP contribution in [-0.2, 0) is 4.79 Å². The zero-order chi connectivity index (χ0) is 27.1. The van der Waals surface area contributed by atoms with Gasteiger partial charge in [0.2, 0.25) is 5.91 Å². The lowest BCUT2D eigenvalue weighted by molar-refractivity contribution is -0.114. The highest BCUT2D eigenvalue weighted by Gasteiger charge is 2.27. The largest absolute Gasteiger partial charge is 0.326 e. The molecule has 1 N–H and O–H groups in total. The highest BCUT2D eigenvalue weighted by molar-refractivity contribution is 7.98. The Hall–Kier alpha value is -3.49. The fourth-order valence-corrected chi connectivity index (χ4v) is 5.18. The fraction of sp³-hybridized carbons (Fsp3) is 0.300. The van der Waals surface area contributed by atoms with Gasteiger partial charge >= 0.3 is 0 Å². The molecule has 0 bridgehead atoms. The van der Waals surface area contributed by atoms with Crippen molar-refractivity contribution in [3.63, 3.8) is 0 Å². The maximum atomic E-state index is 13.7. The topological polar surface area (TPSA) is 69.7 Å². The highest BCUT2D eigenvalue weighted by Crippen LogP contribution is 2.26. The van der Waals surface area contributed by atoms with Gasteiger partial charge in [0.1, 0.15) is 5.82 Å². The summed E-state index contributed by atoms with van der Waals surface area (Å²) in [6, 6.07) is 20.6. The van der Waals surface area contributed by atoms with E-state index in [1.165, 1.54) is 19.1 Å². The third-order valence-electron chi connectivity index (χ3n) is 6.77. The van der Waals surface area contributed by atoms with Gasteiger partial charge in [-0.15, -0.1) is 11.8 Å². The number of piperidine rings is 1. The molecule has 3 aromatic carbocycles. The van der Waals surface area contributed by atoms with Crippen molar-refractivity contribution < 1.29 is 18.8 Å². The molecule has 1 aliphatic rings. The number of carbonyl (C=O) groups excluding carboxylic acids is 3. The minimum absolute atomic E-state index is 0.0642. The molecule has 2 amide bonds. The molecule has 4 rings (SSSR count). The number of Topliss-reactive ketones (excluding diaryl/α,β-unsaturated/α-hetero) is 1. The Morgan fingerprint density at radius 3 is 2.37 bits per heavy atom. The summed E-state index contributed by atoms with van der Waals surface area (Å²) in [4.78, 5) is 43.2. The molecule has 3 aromatic rings. The first-order valence-electron chi connectivity index (χ1n) is 12.7. The summed E-state index contributed by atoms with van der Waals surface area (Å²) in [6.45, 7) is 4.09. The van der Waals surface area contributed by atoms with Gasteiger partial charge in [0.25, 0.3) is 5.91 Å². The zero-order valence-electron chi connectivity index (χ0n) is 21.7. The Kier molecular flexibility index (Phi) is 9.31. The number of rotatable bonds is 9. The lowest BCUT2D eigenvalue weighted by atomic mass is 9.89. The van der Waals surface area contributed by atoms with Gasteiger partial charge in [-0.1, -0.05) is 12.1 Å². The van der Waals surface area contributed by atoms with E-state index in [0.717, 1.165) is 36.5 Å². The monoisotopic (exact) mass is 533 g/mol. The summed E-state index contributed by atoms with van der Waals surface area (Å²) in [7, 11) is 0. The lowest BCUT2D eigenvalue weighted by Crippen LogP contribution is -2.43. The first-order chi connectivity index (χ1) is 18.3. The van der Waals surface area contributed by atoms with Crippen molar-refractivity contribution in [3.8, 4) is 0 Å². The predicted octanol–water partition coefficient (Wildman–Crippen LogP) is 5.75. The van der Waals surface area contributed by atoms with E-state index in [-0.39, 0.29) is 29.3 Å². The van der Waals surface area contributed by atoms with Crippen LogP contribution in [0.1, 0.15) is 40.5 Å². The summed E-state index contributed by atoms with van der Waals surface area (Å²) >= 11 is 1.62. The first-order valence-corrected chi connectivity index (χ1v) is 13.9. The van der Waals surface area contributed by atoms with Crippen LogP contribution in [0.4, 0.5) is 15.8 Å². The molecule has 198 valence electrons. The van der Waals surface area contributed by atoms with E-state index in [9.17, 15) is 18.8 Å². The summed E-state index contributed by atoms with van der Waals surface area (Å²) in [6.07, 6.45) is 3.45. The Balaban J connectivity index is 1.44. The molecule has 1 heterocycles. The van der Waals surface area contributed by atoms with E-state index < -0.39 is 0 Å². The van der Waals surface area contributed by atoms with E-state index in [1.54, 1.807) is 53.1 Å². The van der Waals surface area contributed by atoms with Crippen LogP contribution in [0.3, 0.4) is 0 Å². The Morgan fingerprint density at radius 1 is 0.974 bits per heavy atom. The van der Waals surface area contributed by atoms with Gasteiger partial charge in [0, 0.05) is 53.3 Å². The molecule has 1 fully saturated rings. The summed E-state index contributed by atoms with van der Waals surface area (Å²) in [5, 5.41) is 2.74. The molecule has 0 aromatic heterocycles. The molecule has 1 saturated heterocycles. The number of carbonyl (C=O) groups is 3. The van der Waals surface area contributed by atoms with Crippen LogP contribution in [0, 0.1) is 11.7 Å². The molecule has 0 unspecified atom stereocenters. The number of benzene rings is 3. The number of halogens is 1. The number of hydrogen-bond donors (Lipinski definition) is 1. The van der Waals surface area contributed by atoms with Crippen molar-refractivity contribution in [1.29, 1.82) is 0 Å². The number of likely N-dealkylation sites (tertiary alicyclic amines) is 1. The number of ketones is 1. The van der Waals surface area contributed by atoms with Gasteiger partial charge in [-0.25, -0.2) is 4.39 Å². The quantitative estimate of drug-likeness (QED) is 0.280. The van der Waals surface area contributed by atoms with Crippen molar-refractivity contribution in [2.75, 3.05) is 42.7 Å². The van der Waals surface area contributed by atoms with E-state index in [2.05, 4.69) is 10.2 Å². The molecular weight excluding hydrogens is 501 g/mol. The van der Waals surface area contributed by atoms with Crippen molar-refractivity contribution in [2.45, 2.75) is 24.7 Å². The van der Waals surface area contributed by atoms with Crippen molar-refractivity contribution in [2.24, 2.45) is 5.92 Å². The number of thioether (sulfide) groups is 1. The number of amides is 2. The molecule has 8 heteroatoms. The van der Waals surface area contributed by atoms with Crippen LogP contribution < -0.4 is 10.2 Å². The highest BCUT2D eigenvalue weighted by atomic mass is 32.2. The Morgan fingerprint density at radius 2 is 1.68 bits per heavy atom. The molecule has 0 radical (unpaired) electrons. The molecule has 6 nitrogen and oxygen atoms in total. The van der Waals surface area contributed by atoms with Gasteiger partial charge in [-0.3, -0.25) is 14.4 Å². The summed E-state index contributed by atoms with van der Waals surface area (Å²) in [5.74, 6) is -0.698. The number of nitrogens with zero attached hydrogens (tertiary/aromatic N) is 2. The van der Waals surface area contributed by atoms with E-state index in [1.807, 2.05) is 30.5 Å². The summed E-state index contributed by atoms with van der Waals surface area (Å²) in [5.41, 5.74) is 2.44. The second-order valence-electron chi connectivity index (χ2n) is 9.41. The smallest absolute Gasteiger partial charge is 0.258 e. The van der Waals surface area contributed by atoms with Crippen LogP contribution in [-0.4, -0.2) is 54.9 Å². The van der Waals surface area contributed by atoms with E-state index >= 15 is 0 Å². The maximum Gasteiger partial charge on any atom is 0.258 e. The van der Waals surface area contributed by atoms with Crippen molar-refractivity contribution in [3.05, 3.63) is 89.7 Å². The maximum absolute atomic E-state index is 13.7. The third kappa shape index (κ3) is 7.08. The van der Waals surface area contributed by atoms with Crippen LogP contribution in [0.2, 0.25) is 0 Å². The molecule has 0 atom stereocenters. The molecule has 0 aliphatic carbocycles. The predicted molar refractivity (Wildman–Crippen MR) is 151 cm³/mol. The van der Waals surface area contributed by atoms with Gasteiger partial charge in [-0.2, -0.15) is 0 Å². The first kappa shape index (κ1) is 27.5. The van der Waals surface area contributed by atoms with Gasteiger partial charge in [0.05, 0.1) is 0 Å². The number of anilines is 2. The number of hydrogen-bond acceptors (Lipinski definition) is 5. The van der Waals surface area contributed by atoms with Crippen LogP contribution in [0.5, 0.6) is 0 Å². The van der Waals surface area contributed by atoms with Crippen molar-refractivity contribution >= 4 is 40.7 Å². The molecule has 1 aliphatic heterocycles. The molecule has 38 heavy (non-hydrogen) atoms. The SMILES string of the molecule is CSc1cccc(N(CCN2CCC(C(=O)c3ccc(F)cc3)CC2)C(=O)c2cccc(NC(C)=O)c2)c1. The average molecular weight is 534 g/mol. The average Bonchev–Trinajstić information content (AvgIpc) is 2.93. The van der Waals surface area contributed by atoms with Crippen LogP contribution >= 0.6 is 11.8 Å². The molecular formula is C30H32FN3O3S. The second kappa shape index (κ2) is 12.8. The second-order valence-corrected chi connectivity index (χ2v) is 10.3. The molecule has 0 spiro atoms. The lowest BCUT2D eigenvalue weighted by Gasteiger charge is -2.33. The normalized spacial score (nSPS) is 14.2. The van der Waals surface area contributed by atoms with Gasteiger partial charge in [-0.05, 0) is 92.9 Å². The Bertz CT molecular complexity index is 1290. The van der Waals surface area contributed by atoms with E-state index in [4.69, 9.17) is 0 Å². The van der Waals surface area contributed by atoms with E-state index in [0.29, 0.717) is 29.9 Å². The zero-order valence-corrected chi connectivity index (χ0v) is 22.5. The fourth-order valence-electron chi connectivity index (χ4n) is 4.73. The third-order valence-corrected chi connectivity index (χ3v) is 7.49. The van der Waals surface area contributed by atoms with Gasteiger partial charge in [0.15, 0.2) is 5.78 Å².